The summed E-state index contributed by atoms with van der Waals surface area (Å²) in [6.45, 7) is 6.51. The Labute approximate surface area is 172 Å². The summed E-state index contributed by atoms with van der Waals surface area (Å²) < 4.78 is 7.42. The lowest BCUT2D eigenvalue weighted by atomic mass is 10.0. The van der Waals surface area contributed by atoms with E-state index in [1.54, 1.807) is 7.11 Å². The standard InChI is InChI=1S/C24H29N3O2/c1-17(2)26-13-11-19(12-14-26)25-24(28)23-15-18-7-4-5-10-22(18)27(23)20-8-6-9-21(16-20)29-3/h4-10,15-17,19H,11-14H2,1-3H3,(H,25,28). The molecule has 2 heterocycles. The molecular formula is C24H29N3O2. The molecule has 5 nitrogen and oxygen atoms in total. The van der Waals surface area contributed by atoms with Crippen LogP contribution in [-0.2, 0) is 0 Å². The lowest BCUT2D eigenvalue weighted by Gasteiger charge is -2.34. The monoisotopic (exact) mass is 391 g/mol. The van der Waals surface area contributed by atoms with E-state index in [-0.39, 0.29) is 11.9 Å². The summed E-state index contributed by atoms with van der Waals surface area (Å²) in [5, 5.41) is 4.33. The van der Waals surface area contributed by atoms with Gasteiger partial charge in [-0.2, -0.15) is 0 Å². The summed E-state index contributed by atoms with van der Waals surface area (Å²) in [7, 11) is 1.66. The Balaban J connectivity index is 1.64. The Morgan fingerprint density at radius 2 is 1.83 bits per heavy atom. The average Bonchev–Trinajstić information content (AvgIpc) is 3.14. The molecule has 0 spiro atoms. The molecule has 1 aromatic heterocycles. The fourth-order valence-corrected chi connectivity index (χ4v) is 4.17. The molecule has 1 aliphatic heterocycles. The van der Waals surface area contributed by atoms with E-state index in [9.17, 15) is 4.79 Å². The molecule has 0 aliphatic carbocycles. The number of hydrogen-bond acceptors (Lipinski definition) is 3. The number of hydrogen-bond donors (Lipinski definition) is 1. The molecule has 4 rings (SSSR count). The van der Waals surface area contributed by atoms with Crippen LogP contribution < -0.4 is 10.1 Å². The number of benzene rings is 2. The number of para-hydroxylation sites is 1. The topological polar surface area (TPSA) is 46.5 Å². The summed E-state index contributed by atoms with van der Waals surface area (Å²) >= 11 is 0. The number of nitrogens with zero attached hydrogens (tertiary/aromatic N) is 2. The molecule has 152 valence electrons. The van der Waals surface area contributed by atoms with Gasteiger partial charge in [0.15, 0.2) is 0 Å². The minimum atomic E-state index is -0.0213. The molecule has 1 amide bonds. The van der Waals surface area contributed by atoms with Gasteiger partial charge in [0.1, 0.15) is 11.4 Å². The van der Waals surface area contributed by atoms with Crippen molar-refractivity contribution in [1.82, 2.24) is 14.8 Å². The largest absolute Gasteiger partial charge is 0.497 e. The first-order valence-corrected chi connectivity index (χ1v) is 10.4. The lowest BCUT2D eigenvalue weighted by molar-refractivity contribution is 0.0894. The fourth-order valence-electron chi connectivity index (χ4n) is 4.17. The van der Waals surface area contributed by atoms with Gasteiger partial charge >= 0.3 is 0 Å². The third kappa shape index (κ3) is 4.01. The van der Waals surface area contributed by atoms with Gasteiger partial charge in [-0.3, -0.25) is 4.79 Å². The van der Waals surface area contributed by atoms with Gasteiger partial charge < -0.3 is 19.5 Å². The maximum absolute atomic E-state index is 13.3. The van der Waals surface area contributed by atoms with E-state index in [4.69, 9.17) is 4.74 Å². The number of likely N-dealkylation sites (tertiary alicyclic amines) is 1. The normalized spacial score (nSPS) is 15.7. The van der Waals surface area contributed by atoms with Crippen LogP contribution in [0.1, 0.15) is 37.2 Å². The molecule has 29 heavy (non-hydrogen) atoms. The number of carbonyl (C=O) groups excluding carboxylic acids is 1. The second kappa shape index (κ2) is 8.29. The molecule has 0 saturated carbocycles. The molecule has 0 radical (unpaired) electrons. The number of amides is 1. The first-order valence-electron chi connectivity index (χ1n) is 10.4. The van der Waals surface area contributed by atoms with Crippen LogP contribution in [0, 0.1) is 0 Å². The predicted molar refractivity (Wildman–Crippen MR) is 117 cm³/mol. The van der Waals surface area contributed by atoms with Gasteiger partial charge in [-0.1, -0.05) is 24.3 Å². The zero-order chi connectivity index (χ0) is 20.4. The molecule has 0 unspecified atom stereocenters. The Kier molecular flexibility index (Phi) is 5.58. The maximum atomic E-state index is 13.3. The highest BCUT2D eigenvalue weighted by Crippen LogP contribution is 2.27. The van der Waals surface area contributed by atoms with E-state index >= 15 is 0 Å². The van der Waals surface area contributed by atoms with Crippen molar-refractivity contribution in [2.75, 3.05) is 20.2 Å². The lowest BCUT2D eigenvalue weighted by Crippen LogP contribution is -2.46. The molecular weight excluding hydrogens is 362 g/mol. The summed E-state index contributed by atoms with van der Waals surface area (Å²) in [6, 6.07) is 18.7. The first kappa shape index (κ1) is 19.5. The number of rotatable bonds is 5. The van der Waals surface area contributed by atoms with Crippen molar-refractivity contribution in [1.29, 1.82) is 0 Å². The molecule has 1 N–H and O–H groups in total. The number of aromatic nitrogens is 1. The van der Waals surface area contributed by atoms with Crippen LogP contribution in [-0.4, -0.2) is 47.7 Å². The highest BCUT2D eigenvalue weighted by Gasteiger charge is 2.24. The number of carbonyl (C=O) groups is 1. The Morgan fingerprint density at radius 1 is 1.07 bits per heavy atom. The molecule has 1 saturated heterocycles. The smallest absolute Gasteiger partial charge is 0.268 e. The third-order valence-electron chi connectivity index (χ3n) is 5.85. The molecule has 1 aliphatic rings. The van der Waals surface area contributed by atoms with Crippen molar-refractivity contribution in [3.8, 4) is 11.4 Å². The molecule has 0 atom stereocenters. The fraction of sp³-hybridized carbons (Fsp3) is 0.375. The molecule has 0 bridgehead atoms. The minimum absolute atomic E-state index is 0.0213. The van der Waals surface area contributed by atoms with Gasteiger partial charge in [-0.05, 0) is 51.0 Å². The van der Waals surface area contributed by atoms with Gasteiger partial charge in [0.25, 0.3) is 5.91 Å². The Bertz CT molecular complexity index is 1000. The molecule has 3 aromatic rings. The maximum Gasteiger partial charge on any atom is 0.268 e. The second-order valence-electron chi connectivity index (χ2n) is 8.00. The summed E-state index contributed by atoms with van der Waals surface area (Å²) in [5.74, 6) is 0.750. The quantitative estimate of drug-likeness (QED) is 0.708. The number of piperidine rings is 1. The van der Waals surface area contributed by atoms with Gasteiger partial charge in [0.05, 0.1) is 18.3 Å². The van der Waals surface area contributed by atoms with E-state index in [0.717, 1.165) is 48.3 Å². The average molecular weight is 392 g/mol. The zero-order valence-corrected chi connectivity index (χ0v) is 17.4. The van der Waals surface area contributed by atoms with E-state index < -0.39 is 0 Å². The van der Waals surface area contributed by atoms with E-state index in [1.165, 1.54) is 0 Å². The van der Waals surface area contributed by atoms with Crippen molar-refractivity contribution in [3.05, 3.63) is 60.3 Å². The van der Waals surface area contributed by atoms with E-state index in [0.29, 0.717) is 11.7 Å². The second-order valence-corrected chi connectivity index (χ2v) is 8.00. The van der Waals surface area contributed by atoms with Crippen molar-refractivity contribution >= 4 is 16.8 Å². The number of nitrogens with one attached hydrogen (secondary N) is 1. The van der Waals surface area contributed by atoms with E-state index in [2.05, 4.69) is 24.1 Å². The van der Waals surface area contributed by atoms with Gasteiger partial charge in [0, 0.05) is 36.6 Å². The van der Waals surface area contributed by atoms with Gasteiger partial charge in [-0.15, -0.1) is 0 Å². The van der Waals surface area contributed by atoms with Crippen molar-refractivity contribution in [2.24, 2.45) is 0 Å². The molecule has 5 heteroatoms. The van der Waals surface area contributed by atoms with Crippen LogP contribution >= 0.6 is 0 Å². The summed E-state index contributed by atoms with van der Waals surface area (Å²) in [5.41, 5.74) is 2.59. The first-order chi connectivity index (χ1) is 14.1. The van der Waals surface area contributed by atoms with Crippen LogP contribution in [0.4, 0.5) is 0 Å². The number of fused-ring (bicyclic) bond motifs is 1. The van der Waals surface area contributed by atoms with Gasteiger partial charge in [0.2, 0.25) is 0 Å². The highest BCUT2D eigenvalue weighted by molar-refractivity contribution is 6.00. The molecule has 2 aromatic carbocycles. The van der Waals surface area contributed by atoms with Crippen LogP contribution in [0.2, 0.25) is 0 Å². The van der Waals surface area contributed by atoms with E-state index in [1.807, 2.05) is 59.2 Å². The zero-order valence-electron chi connectivity index (χ0n) is 17.4. The van der Waals surface area contributed by atoms with Gasteiger partial charge in [-0.25, -0.2) is 0 Å². The predicted octanol–water partition coefficient (Wildman–Crippen LogP) is 4.24. The minimum Gasteiger partial charge on any atom is -0.497 e. The van der Waals surface area contributed by atoms with Crippen LogP contribution in [0.5, 0.6) is 5.75 Å². The van der Waals surface area contributed by atoms with Crippen LogP contribution in [0.25, 0.3) is 16.6 Å². The van der Waals surface area contributed by atoms with Crippen molar-refractivity contribution < 1.29 is 9.53 Å². The molecule has 1 fully saturated rings. The Morgan fingerprint density at radius 3 is 2.55 bits per heavy atom. The van der Waals surface area contributed by atoms with Crippen molar-refractivity contribution in [3.63, 3.8) is 0 Å². The SMILES string of the molecule is COc1cccc(-n2c(C(=O)NC3CCN(C(C)C)CC3)cc3ccccc32)c1. The third-order valence-corrected chi connectivity index (χ3v) is 5.85. The van der Waals surface area contributed by atoms with Crippen LogP contribution in [0.15, 0.2) is 54.6 Å². The highest BCUT2D eigenvalue weighted by atomic mass is 16.5. The number of methoxy groups -OCH3 is 1. The van der Waals surface area contributed by atoms with Crippen LogP contribution in [0.3, 0.4) is 0 Å². The van der Waals surface area contributed by atoms with Crippen molar-refractivity contribution in [2.45, 2.75) is 38.8 Å². The summed E-state index contributed by atoms with van der Waals surface area (Å²) in [4.78, 5) is 15.7. The summed E-state index contributed by atoms with van der Waals surface area (Å²) in [6.07, 6.45) is 1.98. The number of ether oxygens (including phenoxy) is 1. The Hall–Kier alpha value is -2.79.